The second kappa shape index (κ2) is 5.42. The van der Waals surface area contributed by atoms with Crippen LogP contribution in [0.1, 0.15) is 26.0 Å². The maximum atomic E-state index is 12.3. The third-order valence-corrected chi connectivity index (χ3v) is 5.04. The number of nitrogens with one attached hydrogen (secondary N) is 1. The number of anilines is 1. The van der Waals surface area contributed by atoms with E-state index < -0.39 is 0 Å². The monoisotopic (exact) mass is 319 g/mol. The number of carbonyl (C=O) groups is 1. The largest absolute Gasteiger partial charge is 0.339 e. The standard InChI is InChI=1S/C14H13N3O2S2/c1-7-4-5-20-12(7)14(18)16-10-6-11(21-8(10)2)13-15-9(3)19-17-13/h4-6H,1-3H3,(H,16,18). The zero-order valence-corrected chi connectivity index (χ0v) is 13.4. The Hall–Kier alpha value is -1.99. The summed E-state index contributed by atoms with van der Waals surface area (Å²) >= 11 is 2.97. The van der Waals surface area contributed by atoms with Crippen LogP contribution in [0.25, 0.3) is 10.7 Å². The van der Waals surface area contributed by atoms with Crippen LogP contribution in [-0.2, 0) is 0 Å². The molecule has 3 aromatic heterocycles. The fourth-order valence-electron chi connectivity index (χ4n) is 1.90. The van der Waals surface area contributed by atoms with Crippen molar-refractivity contribution in [3.8, 4) is 10.7 Å². The smallest absolute Gasteiger partial charge is 0.266 e. The minimum absolute atomic E-state index is 0.0840. The molecule has 0 radical (unpaired) electrons. The molecule has 0 bridgehead atoms. The molecule has 0 saturated carbocycles. The molecule has 1 N–H and O–H groups in total. The van der Waals surface area contributed by atoms with E-state index >= 15 is 0 Å². The molecule has 108 valence electrons. The van der Waals surface area contributed by atoms with Gasteiger partial charge >= 0.3 is 0 Å². The zero-order valence-electron chi connectivity index (χ0n) is 11.8. The van der Waals surface area contributed by atoms with E-state index in [1.807, 2.05) is 31.4 Å². The number of amides is 1. The van der Waals surface area contributed by atoms with Crippen LogP contribution in [0, 0.1) is 20.8 Å². The molecule has 5 nitrogen and oxygen atoms in total. The Morgan fingerprint density at radius 1 is 1.33 bits per heavy atom. The Kier molecular flexibility index (Phi) is 3.60. The van der Waals surface area contributed by atoms with Gasteiger partial charge in [-0.25, -0.2) is 0 Å². The van der Waals surface area contributed by atoms with Crippen LogP contribution in [-0.4, -0.2) is 16.0 Å². The summed E-state index contributed by atoms with van der Waals surface area (Å²) in [7, 11) is 0. The lowest BCUT2D eigenvalue weighted by molar-refractivity contribution is 0.103. The van der Waals surface area contributed by atoms with E-state index in [2.05, 4.69) is 15.5 Å². The highest BCUT2D eigenvalue weighted by Crippen LogP contribution is 2.33. The van der Waals surface area contributed by atoms with Gasteiger partial charge in [-0.3, -0.25) is 4.79 Å². The topological polar surface area (TPSA) is 68.0 Å². The molecule has 3 aromatic rings. The highest BCUT2D eigenvalue weighted by molar-refractivity contribution is 7.16. The Bertz CT molecular complexity index is 801. The van der Waals surface area contributed by atoms with Crippen LogP contribution in [0.15, 0.2) is 22.0 Å². The molecule has 3 heterocycles. The van der Waals surface area contributed by atoms with Crippen LogP contribution < -0.4 is 5.32 Å². The molecule has 0 atom stereocenters. The molecule has 0 fully saturated rings. The van der Waals surface area contributed by atoms with Gasteiger partial charge in [0.05, 0.1) is 15.4 Å². The Morgan fingerprint density at radius 3 is 2.76 bits per heavy atom. The lowest BCUT2D eigenvalue weighted by Gasteiger charge is -2.03. The number of aromatic nitrogens is 2. The highest BCUT2D eigenvalue weighted by Gasteiger charge is 2.16. The number of aryl methyl sites for hydroxylation is 3. The molecule has 7 heteroatoms. The summed E-state index contributed by atoms with van der Waals surface area (Å²) in [6.45, 7) is 5.64. The van der Waals surface area contributed by atoms with E-state index in [4.69, 9.17) is 4.52 Å². The second-order valence-electron chi connectivity index (χ2n) is 4.60. The van der Waals surface area contributed by atoms with Gasteiger partial charge in [0.25, 0.3) is 5.91 Å². The van der Waals surface area contributed by atoms with Gasteiger partial charge in [-0.2, -0.15) is 4.98 Å². The fourth-order valence-corrected chi connectivity index (χ4v) is 3.62. The van der Waals surface area contributed by atoms with E-state index in [0.717, 1.165) is 25.9 Å². The number of nitrogens with zero attached hydrogens (tertiary/aromatic N) is 2. The van der Waals surface area contributed by atoms with Gasteiger partial charge in [0.15, 0.2) is 0 Å². The Labute approximate surface area is 129 Å². The minimum atomic E-state index is -0.0840. The summed E-state index contributed by atoms with van der Waals surface area (Å²) in [5.41, 5.74) is 1.77. The first-order valence-electron chi connectivity index (χ1n) is 6.31. The van der Waals surface area contributed by atoms with Crippen LogP contribution in [0.5, 0.6) is 0 Å². The maximum absolute atomic E-state index is 12.3. The Balaban J connectivity index is 1.85. The van der Waals surface area contributed by atoms with E-state index in [-0.39, 0.29) is 5.91 Å². The van der Waals surface area contributed by atoms with Crippen molar-refractivity contribution in [2.24, 2.45) is 0 Å². The average molecular weight is 319 g/mol. The molecule has 21 heavy (non-hydrogen) atoms. The first-order chi connectivity index (χ1) is 10.0. The minimum Gasteiger partial charge on any atom is -0.339 e. The number of hydrogen-bond acceptors (Lipinski definition) is 6. The molecule has 0 saturated heterocycles. The quantitative estimate of drug-likeness (QED) is 0.791. The first-order valence-corrected chi connectivity index (χ1v) is 8.01. The maximum Gasteiger partial charge on any atom is 0.266 e. The van der Waals surface area contributed by atoms with E-state index in [1.165, 1.54) is 22.7 Å². The molecule has 3 rings (SSSR count). The second-order valence-corrected chi connectivity index (χ2v) is 6.78. The number of rotatable bonds is 3. The van der Waals surface area contributed by atoms with Gasteiger partial charge in [-0.1, -0.05) is 5.16 Å². The van der Waals surface area contributed by atoms with E-state index in [1.54, 1.807) is 6.92 Å². The van der Waals surface area contributed by atoms with Gasteiger partial charge in [0.2, 0.25) is 11.7 Å². The van der Waals surface area contributed by atoms with Crippen LogP contribution in [0.4, 0.5) is 5.69 Å². The summed E-state index contributed by atoms with van der Waals surface area (Å²) in [4.78, 5) is 19.1. The van der Waals surface area contributed by atoms with Crippen molar-refractivity contribution in [1.82, 2.24) is 10.1 Å². The molecule has 0 unspecified atom stereocenters. The van der Waals surface area contributed by atoms with Crippen LogP contribution in [0.2, 0.25) is 0 Å². The lowest BCUT2D eigenvalue weighted by atomic mass is 10.2. The molecule has 0 aliphatic heterocycles. The first kappa shape index (κ1) is 14.0. The number of hydrogen-bond donors (Lipinski definition) is 1. The van der Waals surface area contributed by atoms with Gasteiger partial charge in [0, 0.05) is 11.8 Å². The van der Waals surface area contributed by atoms with Crippen molar-refractivity contribution in [3.05, 3.63) is 38.7 Å². The van der Waals surface area contributed by atoms with Gasteiger partial charge in [-0.05, 0) is 36.9 Å². The molecule has 1 amide bonds. The van der Waals surface area contributed by atoms with Gasteiger partial charge in [0.1, 0.15) is 0 Å². The van der Waals surface area contributed by atoms with E-state index in [0.29, 0.717) is 11.7 Å². The normalized spacial score (nSPS) is 10.8. The van der Waals surface area contributed by atoms with Crippen molar-refractivity contribution in [2.75, 3.05) is 5.32 Å². The lowest BCUT2D eigenvalue weighted by Crippen LogP contribution is -2.11. The average Bonchev–Trinajstić information content (AvgIpc) is 3.12. The summed E-state index contributed by atoms with van der Waals surface area (Å²) in [5.74, 6) is 0.989. The third-order valence-electron chi connectivity index (χ3n) is 2.98. The number of carbonyl (C=O) groups excluding carboxylic acids is 1. The summed E-state index contributed by atoms with van der Waals surface area (Å²) in [6, 6.07) is 3.82. The van der Waals surface area contributed by atoms with Crippen molar-refractivity contribution in [1.29, 1.82) is 0 Å². The summed E-state index contributed by atoms with van der Waals surface area (Å²) in [6.07, 6.45) is 0. The molecule has 0 aliphatic rings. The van der Waals surface area contributed by atoms with Gasteiger partial charge < -0.3 is 9.84 Å². The van der Waals surface area contributed by atoms with Crippen molar-refractivity contribution >= 4 is 34.3 Å². The number of thiophene rings is 2. The van der Waals surface area contributed by atoms with Crippen molar-refractivity contribution in [2.45, 2.75) is 20.8 Å². The third kappa shape index (κ3) is 2.74. The van der Waals surface area contributed by atoms with Crippen molar-refractivity contribution < 1.29 is 9.32 Å². The molecule has 0 aliphatic carbocycles. The Morgan fingerprint density at radius 2 is 2.14 bits per heavy atom. The SMILES string of the molecule is Cc1nc(-c2cc(NC(=O)c3sccc3C)c(C)s2)no1. The predicted octanol–water partition coefficient (Wildman–Crippen LogP) is 4.04. The van der Waals surface area contributed by atoms with Crippen molar-refractivity contribution in [3.63, 3.8) is 0 Å². The van der Waals surface area contributed by atoms with E-state index in [9.17, 15) is 4.79 Å². The summed E-state index contributed by atoms with van der Waals surface area (Å²) < 4.78 is 4.98. The van der Waals surface area contributed by atoms with Crippen LogP contribution >= 0.6 is 22.7 Å². The summed E-state index contributed by atoms with van der Waals surface area (Å²) in [5, 5.41) is 8.76. The zero-order chi connectivity index (χ0) is 15.0. The highest BCUT2D eigenvalue weighted by atomic mass is 32.1. The molecular weight excluding hydrogens is 306 g/mol. The van der Waals surface area contributed by atoms with Crippen LogP contribution in [0.3, 0.4) is 0 Å². The molecular formula is C14H13N3O2S2. The molecule has 0 spiro atoms. The van der Waals surface area contributed by atoms with Gasteiger partial charge in [-0.15, -0.1) is 22.7 Å². The fraction of sp³-hybridized carbons (Fsp3) is 0.214. The predicted molar refractivity (Wildman–Crippen MR) is 84.1 cm³/mol. The molecule has 0 aromatic carbocycles.